The summed E-state index contributed by atoms with van der Waals surface area (Å²) in [6.07, 6.45) is 6.22. The van der Waals surface area contributed by atoms with Gasteiger partial charge in [0.1, 0.15) is 11.9 Å². The van der Waals surface area contributed by atoms with E-state index >= 15 is 0 Å². The number of nitrogens with one attached hydrogen (secondary N) is 1. The van der Waals surface area contributed by atoms with Gasteiger partial charge < -0.3 is 14.8 Å². The van der Waals surface area contributed by atoms with E-state index in [9.17, 15) is 0 Å². The largest absolute Gasteiger partial charge is 0.488 e. The summed E-state index contributed by atoms with van der Waals surface area (Å²) in [5.74, 6) is 1.83. The molecule has 1 aromatic carbocycles. The molecule has 3 heteroatoms. The zero-order valence-electron chi connectivity index (χ0n) is 12.1. The molecule has 0 bridgehead atoms. The van der Waals surface area contributed by atoms with E-state index in [-0.39, 0.29) is 6.10 Å². The molecule has 0 aliphatic carbocycles. The van der Waals surface area contributed by atoms with Crippen LogP contribution < -0.4 is 10.1 Å². The van der Waals surface area contributed by atoms with Crippen molar-refractivity contribution in [3.8, 4) is 5.75 Å². The molecule has 2 aliphatic heterocycles. The normalized spacial score (nSPS) is 24.5. The van der Waals surface area contributed by atoms with Crippen LogP contribution in [0.1, 0.15) is 31.2 Å². The van der Waals surface area contributed by atoms with Crippen molar-refractivity contribution in [1.82, 2.24) is 5.32 Å². The van der Waals surface area contributed by atoms with Crippen LogP contribution in [0.2, 0.25) is 0 Å². The van der Waals surface area contributed by atoms with E-state index in [4.69, 9.17) is 9.47 Å². The maximum Gasteiger partial charge on any atom is 0.122 e. The van der Waals surface area contributed by atoms with E-state index in [0.717, 1.165) is 37.7 Å². The Morgan fingerprint density at radius 1 is 1.20 bits per heavy atom. The summed E-state index contributed by atoms with van der Waals surface area (Å²) >= 11 is 0. The summed E-state index contributed by atoms with van der Waals surface area (Å²) in [5, 5.41) is 3.43. The third-order valence-electron chi connectivity index (χ3n) is 4.30. The summed E-state index contributed by atoms with van der Waals surface area (Å²) < 4.78 is 11.5. The fourth-order valence-corrected chi connectivity index (χ4v) is 3.16. The Hall–Kier alpha value is -1.06. The number of benzene rings is 1. The molecular formula is C17H25NO2. The first-order valence-electron chi connectivity index (χ1n) is 7.94. The van der Waals surface area contributed by atoms with Crippen LogP contribution in [0.3, 0.4) is 0 Å². The lowest BCUT2D eigenvalue weighted by atomic mass is 9.91. The number of hydrogen-bond donors (Lipinski definition) is 1. The third-order valence-corrected chi connectivity index (χ3v) is 4.30. The van der Waals surface area contributed by atoms with Gasteiger partial charge in [-0.15, -0.1) is 0 Å². The van der Waals surface area contributed by atoms with Crippen LogP contribution in [0, 0.1) is 5.92 Å². The van der Waals surface area contributed by atoms with Gasteiger partial charge in [0.05, 0.1) is 6.61 Å². The van der Waals surface area contributed by atoms with E-state index in [1.807, 2.05) is 0 Å². The lowest BCUT2D eigenvalue weighted by molar-refractivity contribution is 0.00739. The molecule has 1 N–H and O–H groups in total. The van der Waals surface area contributed by atoms with Crippen molar-refractivity contribution < 1.29 is 9.47 Å². The second kappa shape index (κ2) is 7.09. The van der Waals surface area contributed by atoms with Crippen molar-refractivity contribution in [2.45, 2.75) is 38.2 Å². The van der Waals surface area contributed by atoms with Gasteiger partial charge in [0.25, 0.3) is 0 Å². The molecule has 2 saturated heterocycles. The molecule has 1 unspecified atom stereocenters. The molecule has 110 valence electrons. The molecule has 1 aromatic rings. The van der Waals surface area contributed by atoms with Gasteiger partial charge >= 0.3 is 0 Å². The van der Waals surface area contributed by atoms with Crippen LogP contribution in [-0.2, 0) is 11.2 Å². The van der Waals surface area contributed by atoms with Crippen LogP contribution in [-0.4, -0.2) is 32.4 Å². The maximum absolute atomic E-state index is 6.05. The second-order valence-electron chi connectivity index (χ2n) is 6.00. The van der Waals surface area contributed by atoms with Crippen molar-refractivity contribution in [3.05, 3.63) is 29.8 Å². The number of hydrogen-bond acceptors (Lipinski definition) is 3. The highest BCUT2D eigenvalue weighted by atomic mass is 16.5. The summed E-state index contributed by atoms with van der Waals surface area (Å²) in [7, 11) is 0. The summed E-state index contributed by atoms with van der Waals surface area (Å²) in [4.78, 5) is 0. The van der Waals surface area contributed by atoms with Crippen LogP contribution in [0.5, 0.6) is 5.75 Å². The quantitative estimate of drug-likeness (QED) is 0.916. The molecule has 0 aromatic heterocycles. The minimum Gasteiger partial charge on any atom is -0.488 e. The van der Waals surface area contributed by atoms with E-state index in [1.54, 1.807) is 0 Å². The molecule has 2 fully saturated rings. The van der Waals surface area contributed by atoms with E-state index < -0.39 is 0 Å². The molecule has 0 amide bonds. The average molecular weight is 275 g/mol. The van der Waals surface area contributed by atoms with Crippen LogP contribution in [0.25, 0.3) is 0 Å². The van der Waals surface area contributed by atoms with Gasteiger partial charge in [0, 0.05) is 6.61 Å². The Labute approximate surface area is 121 Å². The fourth-order valence-electron chi connectivity index (χ4n) is 3.16. The molecule has 3 nitrogen and oxygen atoms in total. The average Bonchev–Trinajstić information content (AvgIpc) is 2.50. The minimum absolute atomic E-state index is 0.234. The molecule has 1 atom stereocenters. The first-order valence-corrected chi connectivity index (χ1v) is 7.94. The Bertz CT molecular complexity index is 374. The zero-order valence-corrected chi connectivity index (χ0v) is 12.1. The molecule has 2 heterocycles. The van der Waals surface area contributed by atoms with Crippen molar-refractivity contribution in [2.24, 2.45) is 5.92 Å². The van der Waals surface area contributed by atoms with Gasteiger partial charge in [-0.2, -0.15) is 0 Å². The van der Waals surface area contributed by atoms with Gasteiger partial charge in [-0.05, 0) is 68.8 Å². The molecule has 0 spiro atoms. The number of piperidine rings is 1. The van der Waals surface area contributed by atoms with Gasteiger partial charge in [0.2, 0.25) is 0 Å². The SMILES string of the molecule is c1cc(CC2CCNCC2)cc(OC2CCCOC2)c1. The third kappa shape index (κ3) is 3.97. The van der Waals surface area contributed by atoms with Crippen molar-refractivity contribution in [3.63, 3.8) is 0 Å². The van der Waals surface area contributed by atoms with Crippen molar-refractivity contribution in [2.75, 3.05) is 26.3 Å². The molecule has 2 aliphatic rings. The standard InChI is InChI=1S/C17H25NO2/c1-3-15(11-14-6-8-18-9-7-14)12-16(4-1)20-17-5-2-10-19-13-17/h1,3-4,12,14,17-18H,2,5-11,13H2. The van der Waals surface area contributed by atoms with E-state index in [0.29, 0.717) is 0 Å². The summed E-state index contributed by atoms with van der Waals surface area (Å²) in [6.45, 7) is 3.95. The van der Waals surface area contributed by atoms with E-state index in [2.05, 4.69) is 29.6 Å². The summed E-state index contributed by atoms with van der Waals surface area (Å²) in [6, 6.07) is 8.64. The van der Waals surface area contributed by atoms with Gasteiger partial charge in [0.15, 0.2) is 0 Å². The van der Waals surface area contributed by atoms with Crippen molar-refractivity contribution in [1.29, 1.82) is 0 Å². The maximum atomic E-state index is 6.05. The second-order valence-corrected chi connectivity index (χ2v) is 6.00. The lowest BCUT2D eigenvalue weighted by Gasteiger charge is -2.24. The van der Waals surface area contributed by atoms with Crippen LogP contribution in [0.15, 0.2) is 24.3 Å². The minimum atomic E-state index is 0.234. The molecule has 3 rings (SSSR count). The fraction of sp³-hybridized carbons (Fsp3) is 0.647. The Balaban J connectivity index is 1.57. The predicted molar refractivity (Wildman–Crippen MR) is 80.2 cm³/mol. The van der Waals surface area contributed by atoms with Crippen LogP contribution in [0.4, 0.5) is 0 Å². The lowest BCUT2D eigenvalue weighted by Crippen LogP contribution is -2.29. The van der Waals surface area contributed by atoms with Gasteiger partial charge in [-0.25, -0.2) is 0 Å². The first kappa shape index (κ1) is 13.9. The van der Waals surface area contributed by atoms with Gasteiger partial charge in [-0.3, -0.25) is 0 Å². The van der Waals surface area contributed by atoms with Crippen LogP contribution >= 0.6 is 0 Å². The highest BCUT2D eigenvalue weighted by Gasteiger charge is 2.16. The Morgan fingerprint density at radius 2 is 2.10 bits per heavy atom. The topological polar surface area (TPSA) is 30.5 Å². The number of ether oxygens (including phenoxy) is 2. The summed E-state index contributed by atoms with van der Waals surface area (Å²) in [5.41, 5.74) is 1.41. The molecule has 20 heavy (non-hydrogen) atoms. The Morgan fingerprint density at radius 3 is 2.90 bits per heavy atom. The zero-order chi connectivity index (χ0) is 13.6. The van der Waals surface area contributed by atoms with Crippen molar-refractivity contribution >= 4 is 0 Å². The first-order chi connectivity index (χ1) is 9.90. The monoisotopic (exact) mass is 275 g/mol. The highest BCUT2D eigenvalue weighted by Crippen LogP contribution is 2.23. The molecular weight excluding hydrogens is 250 g/mol. The van der Waals surface area contributed by atoms with E-state index in [1.165, 1.54) is 37.9 Å². The highest BCUT2D eigenvalue weighted by molar-refractivity contribution is 5.29. The molecule has 0 saturated carbocycles. The Kier molecular flexibility index (Phi) is 4.93. The smallest absolute Gasteiger partial charge is 0.122 e. The predicted octanol–water partition coefficient (Wildman–Crippen LogP) is 2.79. The number of rotatable bonds is 4. The molecule has 0 radical (unpaired) electrons. The van der Waals surface area contributed by atoms with Gasteiger partial charge in [-0.1, -0.05) is 12.1 Å².